The molecule has 1 fully saturated rings. The van der Waals surface area contributed by atoms with Gasteiger partial charge in [-0.05, 0) is 12.0 Å². The molecule has 0 aliphatic carbocycles. The smallest absolute Gasteiger partial charge is 0.294 e. The van der Waals surface area contributed by atoms with Crippen LogP contribution in [0.25, 0.3) is 0 Å². The number of hydrogen-bond acceptors (Lipinski definition) is 6. The van der Waals surface area contributed by atoms with E-state index in [9.17, 15) is 19.7 Å². The van der Waals surface area contributed by atoms with Gasteiger partial charge < -0.3 is 15.5 Å². The molecule has 0 bridgehead atoms. The van der Waals surface area contributed by atoms with E-state index >= 15 is 0 Å². The predicted octanol–water partition coefficient (Wildman–Crippen LogP) is 0.747. The van der Waals surface area contributed by atoms with Crippen molar-refractivity contribution in [1.82, 2.24) is 10.6 Å². The summed E-state index contributed by atoms with van der Waals surface area (Å²) in [7, 11) is 0. The van der Waals surface area contributed by atoms with Crippen molar-refractivity contribution in [2.45, 2.75) is 17.7 Å². The molecule has 1 aromatic carbocycles. The van der Waals surface area contributed by atoms with Gasteiger partial charge >= 0.3 is 0 Å². The van der Waals surface area contributed by atoms with Gasteiger partial charge in [-0.2, -0.15) is 0 Å². The largest absolute Gasteiger partial charge is 0.352 e. The van der Waals surface area contributed by atoms with Crippen LogP contribution in [0.2, 0.25) is 0 Å². The van der Waals surface area contributed by atoms with Crippen molar-refractivity contribution >= 4 is 22.9 Å². The zero-order valence-electron chi connectivity index (χ0n) is 11.6. The maximum absolute atomic E-state index is 12.1. The Hall–Kier alpha value is -2.29. The van der Waals surface area contributed by atoms with Gasteiger partial charge in [0.25, 0.3) is 10.3 Å². The Bertz CT molecular complexity index is 554. The first-order valence-corrected chi connectivity index (χ1v) is 7.50. The molecule has 9 heteroatoms. The summed E-state index contributed by atoms with van der Waals surface area (Å²) in [4.78, 5) is 37.7. The molecule has 1 aromatic rings. The van der Waals surface area contributed by atoms with Gasteiger partial charge in [-0.1, -0.05) is 42.1 Å². The van der Waals surface area contributed by atoms with Gasteiger partial charge in [0.05, 0.1) is 0 Å². The first-order chi connectivity index (χ1) is 10.6. The highest BCUT2D eigenvalue weighted by atomic mass is 32.2. The highest BCUT2D eigenvalue weighted by Crippen LogP contribution is 2.26. The Morgan fingerprint density at radius 3 is 2.82 bits per heavy atom. The summed E-state index contributed by atoms with van der Waals surface area (Å²) in [5.41, 5.74) is 1.03. The van der Waals surface area contributed by atoms with Gasteiger partial charge in [0.1, 0.15) is 12.6 Å². The van der Waals surface area contributed by atoms with Crippen LogP contribution < -0.4 is 10.6 Å². The van der Waals surface area contributed by atoms with E-state index in [0.29, 0.717) is 6.42 Å². The quantitative estimate of drug-likeness (QED) is 0.435. The fourth-order valence-corrected chi connectivity index (χ4v) is 3.18. The number of nitrogens with zero attached hydrogens (tertiary/aromatic N) is 1. The maximum Gasteiger partial charge on any atom is 0.294 e. The molecule has 0 saturated carbocycles. The summed E-state index contributed by atoms with van der Waals surface area (Å²) in [6.45, 7) is -0.217. The fourth-order valence-electron chi connectivity index (χ4n) is 2.10. The molecule has 2 rings (SSSR count). The van der Waals surface area contributed by atoms with Crippen molar-refractivity contribution in [3.63, 3.8) is 0 Å². The van der Waals surface area contributed by atoms with Crippen molar-refractivity contribution in [2.75, 3.05) is 13.2 Å². The Kier molecular flexibility index (Phi) is 5.59. The molecule has 2 atom stereocenters. The number of hydrogen-bond donors (Lipinski definition) is 2. The van der Waals surface area contributed by atoms with Crippen LogP contribution in [-0.2, 0) is 16.1 Å². The molecule has 2 N–H and O–H groups in total. The molecule has 2 amide bonds. The van der Waals surface area contributed by atoms with Gasteiger partial charge in [0.2, 0.25) is 5.91 Å². The highest BCUT2D eigenvalue weighted by molar-refractivity contribution is 8.14. The SMILES string of the molecule is O=C1N[C@H](C(=O)NCCO[N+](=O)[O-])[C@@H](Cc2ccccc2)S1. The van der Waals surface area contributed by atoms with Crippen molar-refractivity contribution < 1.29 is 19.5 Å². The van der Waals surface area contributed by atoms with Gasteiger partial charge in [-0.3, -0.25) is 9.59 Å². The van der Waals surface area contributed by atoms with Gasteiger partial charge in [0, 0.05) is 11.8 Å². The number of carbonyl (C=O) groups excluding carboxylic acids is 2. The van der Waals surface area contributed by atoms with Gasteiger partial charge in [-0.15, -0.1) is 10.1 Å². The lowest BCUT2D eigenvalue weighted by molar-refractivity contribution is -0.757. The summed E-state index contributed by atoms with van der Waals surface area (Å²) < 4.78 is 0. The van der Waals surface area contributed by atoms with Crippen LogP contribution in [0.1, 0.15) is 5.56 Å². The monoisotopic (exact) mass is 325 g/mol. The molecule has 0 spiro atoms. The highest BCUT2D eigenvalue weighted by Gasteiger charge is 2.38. The summed E-state index contributed by atoms with van der Waals surface area (Å²) in [6, 6.07) is 8.90. The number of thioether (sulfide) groups is 1. The van der Waals surface area contributed by atoms with Crippen LogP contribution in [0.15, 0.2) is 30.3 Å². The summed E-state index contributed by atoms with van der Waals surface area (Å²) >= 11 is 1.09. The van der Waals surface area contributed by atoms with E-state index in [0.717, 1.165) is 17.3 Å². The first kappa shape index (κ1) is 16.1. The van der Waals surface area contributed by atoms with Crippen LogP contribution in [0, 0.1) is 10.1 Å². The number of carbonyl (C=O) groups is 2. The zero-order chi connectivity index (χ0) is 15.9. The van der Waals surface area contributed by atoms with Crippen molar-refractivity contribution in [1.29, 1.82) is 0 Å². The molecule has 1 heterocycles. The summed E-state index contributed by atoms with van der Waals surface area (Å²) in [5.74, 6) is -0.369. The van der Waals surface area contributed by atoms with E-state index in [1.54, 1.807) is 0 Å². The molecular weight excluding hydrogens is 310 g/mol. The fraction of sp³-hybridized carbons (Fsp3) is 0.385. The lowest BCUT2D eigenvalue weighted by Crippen LogP contribution is -2.47. The van der Waals surface area contributed by atoms with E-state index < -0.39 is 11.1 Å². The Labute approximate surface area is 130 Å². The van der Waals surface area contributed by atoms with Crippen LogP contribution in [0.3, 0.4) is 0 Å². The Morgan fingerprint density at radius 1 is 1.41 bits per heavy atom. The second-order valence-electron chi connectivity index (χ2n) is 4.60. The second kappa shape index (κ2) is 7.64. The maximum atomic E-state index is 12.1. The molecule has 118 valence electrons. The lowest BCUT2D eigenvalue weighted by Gasteiger charge is -2.17. The van der Waals surface area contributed by atoms with E-state index in [2.05, 4.69) is 15.5 Å². The molecule has 1 saturated heterocycles. The molecular formula is C13H15N3O5S. The van der Waals surface area contributed by atoms with Crippen molar-refractivity contribution in [3.05, 3.63) is 46.0 Å². The van der Waals surface area contributed by atoms with Gasteiger partial charge in [0.15, 0.2) is 0 Å². The number of nitrogens with one attached hydrogen (secondary N) is 2. The lowest BCUT2D eigenvalue weighted by atomic mass is 10.0. The normalized spacial score (nSPS) is 20.3. The van der Waals surface area contributed by atoms with E-state index in [4.69, 9.17) is 0 Å². The minimum Gasteiger partial charge on any atom is -0.352 e. The molecule has 8 nitrogen and oxygen atoms in total. The van der Waals surface area contributed by atoms with Crippen molar-refractivity contribution in [3.8, 4) is 0 Å². The van der Waals surface area contributed by atoms with Crippen LogP contribution in [-0.4, -0.2) is 40.7 Å². The molecule has 0 unspecified atom stereocenters. The molecule has 0 radical (unpaired) electrons. The van der Waals surface area contributed by atoms with E-state index in [1.807, 2.05) is 30.3 Å². The van der Waals surface area contributed by atoms with Crippen LogP contribution >= 0.6 is 11.8 Å². The molecule has 0 aromatic heterocycles. The molecule has 1 aliphatic rings. The third-order valence-electron chi connectivity index (χ3n) is 3.06. The average molecular weight is 325 g/mol. The van der Waals surface area contributed by atoms with Gasteiger partial charge in [-0.25, -0.2) is 0 Å². The number of benzene rings is 1. The minimum atomic E-state index is -0.919. The predicted molar refractivity (Wildman–Crippen MR) is 79.8 cm³/mol. The Morgan fingerprint density at radius 2 is 2.14 bits per heavy atom. The first-order valence-electron chi connectivity index (χ1n) is 6.62. The average Bonchev–Trinajstić information content (AvgIpc) is 2.85. The molecule has 1 aliphatic heterocycles. The second-order valence-corrected chi connectivity index (χ2v) is 5.82. The third kappa shape index (κ3) is 4.62. The van der Waals surface area contributed by atoms with Crippen LogP contribution in [0.4, 0.5) is 4.79 Å². The summed E-state index contributed by atoms with van der Waals surface area (Å²) in [6.07, 6.45) is 0.577. The number of amides is 2. The minimum absolute atomic E-state index is 0.00884. The Balaban J connectivity index is 1.88. The van der Waals surface area contributed by atoms with Crippen molar-refractivity contribution in [2.24, 2.45) is 0 Å². The third-order valence-corrected chi connectivity index (χ3v) is 4.14. The van der Waals surface area contributed by atoms with E-state index in [-0.39, 0.29) is 29.5 Å². The summed E-state index contributed by atoms with van der Waals surface area (Å²) in [5, 5.41) is 13.8. The standard InChI is InChI=1S/C13H15N3O5S/c17-12(14-6-7-21-16(19)20)11-10(22-13(18)15-11)8-9-4-2-1-3-5-9/h1-5,10-11H,6-8H2,(H,14,17)(H,15,18)/t10-,11+/m1/s1. The topological polar surface area (TPSA) is 111 Å². The van der Waals surface area contributed by atoms with E-state index in [1.165, 1.54) is 0 Å². The molecule has 22 heavy (non-hydrogen) atoms. The van der Waals surface area contributed by atoms with Crippen LogP contribution in [0.5, 0.6) is 0 Å². The zero-order valence-corrected chi connectivity index (χ0v) is 12.4. The number of rotatable bonds is 7.